The van der Waals surface area contributed by atoms with E-state index in [1.54, 1.807) is 24.0 Å². The van der Waals surface area contributed by atoms with Gasteiger partial charge in [-0.2, -0.15) is 0 Å². The highest BCUT2D eigenvalue weighted by atomic mass is 35.5. The molecule has 1 saturated heterocycles. The molecule has 0 aliphatic carbocycles. The molecule has 1 aliphatic heterocycles. The van der Waals surface area contributed by atoms with Crippen LogP contribution in [0, 0.1) is 0 Å². The average Bonchev–Trinajstić information content (AvgIpc) is 3.32. The number of aliphatic hydroxyl groups is 1. The van der Waals surface area contributed by atoms with E-state index < -0.39 is 16.1 Å². The van der Waals surface area contributed by atoms with E-state index in [4.69, 9.17) is 27.9 Å². The lowest BCUT2D eigenvalue weighted by Gasteiger charge is -2.32. The van der Waals surface area contributed by atoms with Crippen LogP contribution in [0.3, 0.4) is 0 Å². The first kappa shape index (κ1) is 25.6. The smallest absolute Gasteiger partial charge is 0.409 e. The number of benzene rings is 2. The zero-order valence-corrected chi connectivity index (χ0v) is 20.7. The van der Waals surface area contributed by atoms with Crippen molar-refractivity contribution in [2.24, 2.45) is 0 Å². The van der Waals surface area contributed by atoms with Gasteiger partial charge in [-0.1, -0.05) is 29.3 Å². The highest BCUT2D eigenvalue weighted by Gasteiger charge is 2.31. The molecule has 7 nitrogen and oxygen atoms in total. The van der Waals surface area contributed by atoms with Gasteiger partial charge in [0.15, 0.2) is 0 Å². The summed E-state index contributed by atoms with van der Waals surface area (Å²) in [7, 11) is -4.00. The van der Waals surface area contributed by atoms with Gasteiger partial charge in [-0.15, -0.1) is 0 Å². The fraction of sp³-hybridized carbons (Fsp3) is 0.435. The Morgan fingerprint density at radius 1 is 1.12 bits per heavy atom. The summed E-state index contributed by atoms with van der Waals surface area (Å²) in [5, 5.41) is 10.6. The van der Waals surface area contributed by atoms with Crippen molar-refractivity contribution < 1.29 is 23.1 Å². The van der Waals surface area contributed by atoms with Gasteiger partial charge in [0, 0.05) is 34.7 Å². The van der Waals surface area contributed by atoms with Crippen LogP contribution in [0.1, 0.15) is 38.2 Å². The van der Waals surface area contributed by atoms with Crippen LogP contribution in [0.5, 0.6) is 0 Å². The third-order valence-corrected chi connectivity index (χ3v) is 8.01. The molecule has 1 fully saturated rings. The first-order valence-electron chi connectivity index (χ1n) is 10.8. The average molecular weight is 515 g/mol. The van der Waals surface area contributed by atoms with Gasteiger partial charge in [0.1, 0.15) is 0 Å². The monoisotopic (exact) mass is 514 g/mol. The van der Waals surface area contributed by atoms with Crippen molar-refractivity contribution in [2.45, 2.75) is 50.2 Å². The van der Waals surface area contributed by atoms with Gasteiger partial charge >= 0.3 is 6.09 Å². The lowest BCUT2D eigenvalue weighted by molar-refractivity contribution is 0.108. The maximum atomic E-state index is 13.6. The van der Waals surface area contributed by atoms with Crippen molar-refractivity contribution in [3.05, 3.63) is 58.1 Å². The van der Waals surface area contributed by atoms with E-state index >= 15 is 0 Å². The summed E-state index contributed by atoms with van der Waals surface area (Å²) in [6, 6.07) is 10.2. The van der Waals surface area contributed by atoms with E-state index in [0.29, 0.717) is 47.2 Å². The molecule has 3 rings (SSSR count). The molecule has 1 heterocycles. The van der Waals surface area contributed by atoms with E-state index in [1.165, 1.54) is 34.6 Å². The van der Waals surface area contributed by atoms with Gasteiger partial charge < -0.3 is 14.7 Å². The fourth-order valence-corrected chi connectivity index (χ4v) is 5.85. The SMILES string of the molecule is CC(CCCOC(=O)N1CCCC1)N(c1cc(Cl)ccc1CO)S(=O)(=O)c1ccc(Cl)cc1. The molecule has 0 aromatic heterocycles. The molecule has 1 atom stereocenters. The van der Waals surface area contributed by atoms with E-state index in [9.17, 15) is 18.3 Å². The van der Waals surface area contributed by atoms with Crippen molar-refractivity contribution in [3.8, 4) is 0 Å². The topological polar surface area (TPSA) is 87.2 Å². The summed E-state index contributed by atoms with van der Waals surface area (Å²) in [6.07, 6.45) is 2.54. The Labute approximate surface area is 204 Å². The Bertz CT molecular complexity index is 1060. The number of hydrogen-bond donors (Lipinski definition) is 1. The number of aliphatic hydroxyl groups excluding tert-OH is 1. The number of ether oxygens (including phenoxy) is 1. The molecule has 1 unspecified atom stereocenters. The molecule has 0 bridgehead atoms. The third-order valence-electron chi connectivity index (χ3n) is 5.58. The second-order valence-corrected chi connectivity index (χ2v) is 10.7. The summed E-state index contributed by atoms with van der Waals surface area (Å²) in [4.78, 5) is 13.8. The molecule has 2 aromatic rings. The van der Waals surface area contributed by atoms with E-state index in [0.717, 1.165) is 12.8 Å². The Kier molecular flexibility index (Phi) is 8.87. The zero-order valence-electron chi connectivity index (χ0n) is 18.4. The Balaban J connectivity index is 1.81. The number of likely N-dealkylation sites (tertiary alicyclic amines) is 1. The van der Waals surface area contributed by atoms with Crippen molar-refractivity contribution in [2.75, 3.05) is 24.0 Å². The van der Waals surface area contributed by atoms with Crippen LogP contribution in [0.2, 0.25) is 10.0 Å². The van der Waals surface area contributed by atoms with Gasteiger partial charge in [-0.25, -0.2) is 13.2 Å². The van der Waals surface area contributed by atoms with E-state index in [-0.39, 0.29) is 24.2 Å². The summed E-state index contributed by atoms with van der Waals surface area (Å²) >= 11 is 12.1. The van der Waals surface area contributed by atoms with E-state index in [2.05, 4.69) is 0 Å². The van der Waals surface area contributed by atoms with Crippen molar-refractivity contribution >= 4 is 45.0 Å². The minimum absolute atomic E-state index is 0.0723. The van der Waals surface area contributed by atoms with Crippen LogP contribution in [0.25, 0.3) is 0 Å². The summed E-state index contributed by atoms with van der Waals surface area (Å²) in [5.74, 6) is 0. The summed E-state index contributed by atoms with van der Waals surface area (Å²) in [5.41, 5.74) is 0.741. The van der Waals surface area contributed by atoms with Crippen LogP contribution in [-0.4, -0.2) is 50.3 Å². The quantitative estimate of drug-likeness (QED) is 0.471. The molecular weight excluding hydrogens is 487 g/mol. The highest BCUT2D eigenvalue weighted by Crippen LogP contribution is 2.33. The predicted molar refractivity (Wildman–Crippen MR) is 129 cm³/mol. The van der Waals surface area contributed by atoms with Crippen molar-refractivity contribution in [3.63, 3.8) is 0 Å². The maximum absolute atomic E-state index is 13.6. The molecule has 2 aromatic carbocycles. The molecule has 33 heavy (non-hydrogen) atoms. The van der Waals surface area contributed by atoms with Gasteiger partial charge in [0.05, 0.1) is 23.8 Å². The number of anilines is 1. The highest BCUT2D eigenvalue weighted by molar-refractivity contribution is 7.92. The van der Waals surface area contributed by atoms with Gasteiger partial charge in [0.2, 0.25) is 0 Å². The van der Waals surface area contributed by atoms with Crippen LogP contribution < -0.4 is 4.31 Å². The predicted octanol–water partition coefficient (Wildman–Crippen LogP) is 5.08. The zero-order chi connectivity index (χ0) is 24.0. The Morgan fingerprint density at radius 3 is 2.39 bits per heavy atom. The van der Waals surface area contributed by atoms with E-state index in [1.807, 2.05) is 0 Å². The third kappa shape index (κ3) is 6.32. The normalized spacial score (nSPS) is 14.8. The van der Waals surface area contributed by atoms with Crippen LogP contribution in [0.15, 0.2) is 47.4 Å². The first-order valence-corrected chi connectivity index (χ1v) is 13.0. The minimum atomic E-state index is -4.00. The van der Waals surface area contributed by atoms with Crippen molar-refractivity contribution in [1.82, 2.24) is 4.90 Å². The number of sulfonamides is 1. The largest absolute Gasteiger partial charge is 0.449 e. The molecule has 1 N–H and O–H groups in total. The number of halogens is 2. The Morgan fingerprint density at radius 2 is 1.76 bits per heavy atom. The van der Waals surface area contributed by atoms with Crippen LogP contribution in [-0.2, 0) is 21.4 Å². The standard InChI is InChI=1S/C23H28Cl2N2O5S/c1-17(5-4-14-32-23(29)26-12-2-3-13-26)27(22-15-20(25)7-6-18(22)16-28)33(30,31)21-10-8-19(24)9-11-21/h6-11,15,17,28H,2-5,12-14,16H2,1H3. The molecule has 10 heteroatoms. The van der Waals surface area contributed by atoms with Gasteiger partial charge in [-0.05, 0) is 69.0 Å². The number of amides is 1. The molecule has 0 radical (unpaired) electrons. The number of carbonyl (C=O) groups is 1. The number of nitrogens with zero attached hydrogens (tertiary/aromatic N) is 2. The molecule has 180 valence electrons. The second kappa shape index (κ2) is 11.4. The number of rotatable bonds is 9. The van der Waals surface area contributed by atoms with Crippen LogP contribution >= 0.6 is 23.2 Å². The molecule has 0 saturated carbocycles. The molecule has 0 spiro atoms. The Hall–Kier alpha value is -2.00. The lowest BCUT2D eigenvalue weighted by Crippen LogP contribution is -2.39. The van der Waals surface area contributed by atoms with Crippen molar-refractivity contribution in [1.29, 1.82) is 0 Å². The molecular formula is C23H28Cl2N2O5S. The van der Waals surface area contributed by atoms with Gasteiger partial charge in [-0.3, -0.25) is 4.31 Å². The maximum Gasteiger partial charge on any atom is 0.409 e. The number of carbonyl (C=O) groups excluding carboxylic acids is 1. The first-order chi connectivity index (χ1) is 15.7. The number of hydrogen-bond acceptors (Lipinski definition) is 5. The summed E-state index contributed by atoms with van der Waals surface area (Å²) in [6.45, 7) is 3.04. The second-order valence-electron chi connectivity index (χ2n) is 7.99. The minimum Gasteiger partial charge on any atom is -0.449 e. The van der Waals surface area contributed by atoms with Crippen LogP contribution in [0.4, 0.5) is 10.5 Å². The molecule has 1 aliphatic rings. The fourth-order valence-electron chi connectivity index (χ4n) is 3.85. The van der Waals surface area contributed by atoms with Gasteiger partial charge in [0.25, 0.3) is 10.0 Å². The lowest BCUT2D eigenvalue weighted by atomic mass is 10.1. The summed E-state index contributed by atoms with van der Waals surface area (Å²) < 4.78 is 33.9. The molecule has 1 amide bonds.